The van der Waals surface area contributed by atoms with Gasteiger partial charge in [0.25, 0.3) is 5.91 Å². The summed E-state index contributed by atoms with van der Waals surface area (Å²) in [6.07, 6.45) is 1.55. The van der Waals surface area contributed by atoms with Crippen LogP contribution in [-0.4, -0.2) is 30.5 Å². The van der Waals surface area contributed by atoms with E-state index in [9.17, 15) is 9.59 Å². The normalized spacial score (nSPS) is 10.1. The fraction of sp³-hybridized carbons (Fsp3) is 0.188. The Morgan fingerprint density at radius 2 is 1.91 bits per heavy atom. The van der Waals surface area contributed by atoms with Gasteiger partial charge in [-0.25, -0.2) is 0 Å². The zero-order chi connectivity index (χ0) is 15.9. The predicted octanol–water partition coefficient (Wildman–Crippen LogP) is 1.11. The average molecular weight is 299 g/mol. The molecule has 0 saturated carbocycles. The van der Waals surface area contributed by atoms with E-state index in [1.807, 2.05) is 30.3 Å². The van der Waals surface area contributed by atoms with Crippen molar-refractivity contribution in [2.45, 2.75) is 6.54 Å². The first-order chi connectivity index (χ1) is 10.6. The number of carbonyl (C=O) groups excluding carboxylic acids is 2. The first-order valence-electron chi connectivity index (χ1n) is 6.74. The van der Waals surface area contributed by atoms with E-state index >= 15 is 0 Å². The number of aromatic nitrogens is 1. The Morgan fingerprint density at radius 3 is 2.55 bits per heavy atom. The van der Waals surface area contributed by atoms with Crippen molar-refractivity contribution in [3.8, 4) is 11.1 Å². The molecule has 6 nitrogen and oxygen atoms in total. The van der Waals surface area contributed by atoms with Crippen LogP contribution in [0.2, 0.25) is 0 Å². The van der Waals surface area contributed by atoms with E-state index in [1.54, 1.807) is 12.3 Å². The number of nitrogens with two attached hydrogens (primary N) is 1. The zero-order valence-corrected chi connectivity index (χ0v) is 12.2. The lowest BCUT2D eigenvalue weighted by Gasteiger charge is -2.06. The van der Waals surface area contributed by atoms with Crippen LogP contribution in [-0.2, 0) is 16.1 Å². The lowest BCUT2D eigenvalue weighted by molar-refractivity contribution is -0.139. The van der Waals surface area contributed by atoms with Crippen LogP contribution in [0.4, 0.5) is 0 Å². The third kappa shape index (κ3) is 3.89. The maximum Gasteiger partial charge on any atom is 0.325 e. The van der Waals surface area contributed by atoms with Crippen molar-refractivity contribution in [2.24, 2.45) is 5.73 Å². The van der Waals surface area contributed by atoms with Crippen LogP contribution in [0.5, 0.6) is 0 Å². The number of hydrogen-bond acceptors (Lipinski definition) is 5. The van der Waals surface area contributed by atoms with Crippen LogP contribution in [0.1, 0.15) is 16.1 Å². The maximum atomic E-state index is 12.0. The van der Waals surface area contributed by atoms with Gasteiger partial charge in [-0.1, -0.05) is 24.3 Å². The second-order valence-corrected chi connectivity index (χ2v) is 4.59. The van der Waals surface area contributed by atoms with Gasteiger partial charge in [0.1, 0.15) is 12.2 Å². The molecule has 2 aromatic rings. The molecule has 114 valence electrons. The SMILES string of the molecule is COC(=O)CNC(=O)c1cc(-c2ccc(CN)cc2)ccn1. The summed E-state index contributed by atoms with van der Waals surface area (Å²) in [7, 11) is 1.26. The number of ether oxygens (including phenoxy) is 1. The van der Waals surface area contributed by atoms with E-state index < -0.39 is 11.9 Å². The molecule has 1 aromatic carbocycles. The average Bonchev–Trinajstić information content (AvgIpc) is 2.59. The molecule has 1 amide bonds. The molecular formula is C16H17N3O3. The molecule has 0 unspecified atom stereocenters. The standard InChI is InChI=1S/C16H17N3O3/c1-22-15(20)10-19-16(21)14-8-13(6-7-18-14)12-4-2-11(9-17)3-5-12/h2-8H,9-10,17H2,1H3,(H,19,21). The van der Waals surface area contributed by atoms with E-state index in [0.29, 0.717) is 6.54 Å². The Morgan fingerprint density at radius 1 is 1.18 bits per heavy atom. The van der Waals surface area contributed by atoms with Crippen LogP contribution in [0, 0.1) is 0 Å². The molecule has 0 radical (unpaired) electrons. The van der Waals surface area contributed by atoms with Gasteiger partial charge in [-0.2, -0.15) is 0 Å². The molecule has 2 rings (SSSR count). The summed E-state index contributed by atoms with van der Waals surface area (Å²) in [6, 6.07) is 11.2. The van der Waals surface area contributed by atoms with Gasteiger partial charge in [-0.05, 0) is 28.8 Å². The number of pyridine rings is 1. The van der Waals surface area contributed by atoms with Crippen LogP contribution >= 0.6 is 0 Å². The number of rotatable bonds is 5. The van der Waals surface area contributed by atoms with E-state index in [4.69, 9.17) is 5.73 Å². The molecule has 0 bridgehead atoms. The highest BCUT2D eigenvalue weighted by Gasteiger charge is 2.10. The molecule has 1 heterocycles. The van der Waals surface area contributed by atoms with Gasteiger partial charge in [0.05, 0.1) is 7.11 Å². The number of hydrogen-bond donors (Lipinski definition) is 2. The Bertz CT molecular complexity index is 669. The van der Waals surface area contributed by atoms with Gasteiger partial charge in [0, 0.05) is 12.7 Å². The van der Waals surface area contributed by atoms with E-state index in [-0.39, 0.29) is 12.2 Å². The summed E-state index contributed by atoms with van der Waals surface area (Å²) in [5.41, 5.74) is 8.67. The number of benzene rings is 1. The smallest absolute Gasteiger partial charge is 0.325 e. The van der Waals surface area contributed by atoms with Gasteiger partial charge >= 0.3 is 5.97 Å². The fourth-order valence-electron chi connectivity index (χ4n) is 1.88. The highest BCUT2D eigenvalue weighted by molar-refractivity contribution is 5.95. The van der Waals surface area contributed by atoms with E-state index in [2.05, 4.69) is 15.0 Å². The highest BCUT2D eigenvalue weighted by atomic mass is 16.5. The molecule has 0 spiro atoms. The van der Waals surface area contributed by atoms with Crippen molar-refractivity contribution < 1.29 is 14.3 Å². The summed E-state index contributed by atoms with van der Waals surface area (Å²) in [5, 5.41) is 2.45. The maximum absolute atomic E-state index is 12.0. The third-order valence-electron chi connectivity index (χ3n) is 3.14. The summed E-state index contributed by atoms with van der Waals surface area (Å²) in [4.78, 5) is 27.0. The fourth-order valence-corrected chi connectivity index (χ4v) is 1.88. The molecule has 6 heteroatoms. The minimum absolute atomic E-state index is 0.188. The zero-order valence-electron chi connectivity index (χ0n) is 12.2. The second-order valence-electron chi connectivity index (χ2n) is 4.59. The molecule has 0 atom stereocenters. The molecule has 3 N–H and O–H groups in total. The Kier molecular flexibility index (Phi) is 5.21. The molecule has 0 aliphatic heterocycles. The highest BCUT2D eigenvalue weighted by Crippen LogP contribution is 2.20. The number of esters is 1. The Hall–Kier alpha value is -2.73. The number of methoxy groups -OCH3 is 1. The third-order valence-corrected chi connectivity index (χ3v) is 3.14. The van der Waals surface area contributed by atoms with Crippen LogP contribution < -0.4 is 11.1 Å². The van der Waals surface area contributed by atoms with Gasteiger partial charge in [-0.15, -0.1) is 0 Å². The van der Waals surface area contributed by atoms with Crippen LogP contribution in [0.15, 0.2) is 42.6 Å². The summed E-state index contributed by atoms with van der Waals surface area (Å²) >= 11 is 0. The summed E-state index contributed by atoms with van der Waals surface area (Å²) in [6.45, 7) is 0.296. The first-order valence-corrected chi connectivity index (χ1v) is 6.74. The Labute approximate surface area is 128 Å². The quantitative estimate of drug-likeness (QED) is 0.807. The molecule has 0 fully saturated rings. The number of amides is 1. The molecule has 1 aromatic heterocycles. The largest absolute Gasteiger partial charge is 0.468 e. The lowest BCUT2D eigenvalue weighted by atomic mass is 10.0. The van der Waals surface area contributed by atoms with E-state index in [1.165, 1.54) is 7.11 Å². The topological polar surface area (TPSA) is 94.3 Å². The van der Waals surface area contributed by atoms with Crippen molar-refractivity contribution >= 4 is 11.9 Å². The summed E-state index contributed by atoms with van der Waals surface area (Å²) < 4.78 is 4.47. The number of nitrogens with zero attached hydrogens (tertiary/aromatic N) is 1. The predicted molar refractivity (Wildman–Crippen MR) is 81.9 cm³/mol. The molecule has 0 aliphatic rings. The minimum Gasteiger partial charge on any atom is -0.468 e. The molecular weight excluding hydrogens is 282 g/mol. The molecule has 0 aliphatic carbocycles. The summed E-state index contributed by atoms with van der Waals surface area (Å²) in [5.74, 6) is -0.937. The van der Waals surface area contributed by atoms with Crippen molar-refractivity contribution in [3.63, 3.8) is 0 Å². The lowest BCUT2D eigenvalue weighted by Crippen LogP contribution is -2.30. The van der Waals surface area contributed by atoms with Gasteiger partial charge in [0.15, 0.2) is 0 Å². The second kappa shape index (κ2) is 7.33. The molecule has 22 heavy (non-hydrogen) atoms. The van der Waals surface area contributed by atoms with Crippen molar-refractivity contribution in [1.82, 2.24) is 10.3 Å². The van der Waals surface area contributed by atoms with Gasteiger partial charge < -0.3 is 15.8 Å². The monoisotopic (exact) mass is 299 g/mol. The van der Waals surface area contributed by atoms with E-state index in [0.717, 1.165) is 16.7 Å². The first kappa shape index (κ1) is 15.7. The Balaban J connectivity index is 2.15. The van der Waals surface area contributed by atoms with Crippen LogP contribution in [0.25, 0.3) is 11.1 Å². The molecule has 0 saturated heterocycles. The van der Waals surface area contributed by atoms with Crippen molar-refractivity contribution in [3.05, 3.63) is 53.9 Å². The number of nitrogens with one attached hydrogen (secondary N) is 1. The minimum atomic E-state index is -0.512. The van der Waals surface area contributed by atoms with Crippen LogP contribution in [0.3, 0.4) is 0 Å². The van der Waals surface area contributed by atoms with Gasteiger partial charge in [0.2, 0.25) is 0 Å². The van der Waals surface area contributed by atoms with Crippen molar-refractivity contribution in [1.29, 1.82) is 0 Å². The van der Waals surface area contributed by atoms with Gasteiger partial charge in [-0.3, -0.25) is 14.6 Å². The van der Waals surface area contributed by atoms with Crippen molar-refractivity contribution in [2.75, 3.05) is 13.7 Å². The number of carbonyl (C=O) groups is 2.